The third kappa shape index (κ3) is 5.37. The minimum Gasteiger partial charge on any atom is -0.492 e. The third-order valence-corrected chi connectivity index (χ3v) is 7.30. The zero-order valence-corrected chi connectivity index (χ0v) is 20.7. The van der Waals surface area contributed by atoms with Gasteiger partial charge in [0, 0.05) is 11.1 Å². The van der Waals surface area contributed by atoms with E-state index in [4.69, 9.17) is 10.00 Å². The van der Waals surface area contributed by atoms with Crippen molar-refractivity contribution >= 4 is 15.9 Å². The molecule has 0 aliphatic carbocycles. The van der Waals surface area contributed by atoms with E-state index < -0.39 is 21.6 Å². The predicted molar refractivity (Wildman–Crippen MR) is 132 cm³/mol. The number of nitriles is 1. The van der Waals surface area contributed by atoms with Crippen LogP contribution in [0.5, 0.6) is 5.75 Å². The fourth-order valence-electron chi connectivity index (χ4n) is 4.19. The fourth-order valence-corrected chi connectivity index (χ4v) is 5.66. The lowest BCUT2D eigenvalue weighted by atomic mass is 9.98. The summed E-state index contributed by atoms with van der Waals surface area (Å²) in [4.78, 5) is 15.1. The summed E-state index contributed by atoms with van der Waals surface area (Å²) in [5, 5.41) is 9.09. The molecule has 3 aromatic carbocycles. The Morgan fingerprint density at radius 2 is 1.77 bits per heavy atom. The van der Waals surface area contributed by atoms with E-state index in [0.717, 1.165) is 5.56 Å². The molecule has 1 aliphatic rings. The molecule has 0 saturated carbocycles. The minimum atomic E-state index is -3.74. The van der Waals surface area contributed by atoms with Gasteiger partial charge in [-0.2, -0.15) is 5.26 Å². The lowest BCUT2D eigenvalue weighted by molar-refractivity contribution is 0.0721. The van der Waals surface area contributed by atoms with Crippen molar-refractivity contribution in [2.45, 2.75) is 37.2 Å². The summed E-state index contributed by atoms with van der Waals surface area (Å²) >= 11 is 0. The number of rotatable bonds is 7. The molecule has 35 heavy (non-hydrogen) atoms. The van der Waals surface area contributed by atoms with E-state index in [9.17, 15) is 13.2 Å². The van der Waals surface area contributed by atoms with Crippen LogP contribution in [0.3, 0.4) is 0 Å². The molecule has 4 rings (SSSR count). The molecule has 1 aliphatic heterocycles. The zero-order chi connectivity index (χ0) is 25.2. The van der Waals surface area contributed by atoms with Crippen molar-refractivity contribution in [3.05, 3.63) is 95.1 Å². The van der Waals surface area contributed by atoms with Crippen LogP contribution in [0.15, 0.2) is 77.7 Å². The highest BCUT2D eigenvalue weighted by molar-refractivity contribution is 7.89. The van der Waals surface area contributed by atoms with Crippen molar-refractivity contribution in [1.82, 2.24) is 9.62 Å². The molecule has 0 spiro atoms. The van der Waals surface area contributed by atoms with Crippen LogP contribution in [-0.2, 0) is 10.0 Å². The Balaban J connectivity index is 1.63. The van der Waals surface area contributed by atoms with Gasteiger partial charge in [-0.3, -0.25) is 4.79 Å². The Hall–Kier alpha value is -3.67. The number of nitrogens with zero attached hydrogens (tertiary/aromatic N) is 2. The fraction of sp³-hybridized carbons (Fsp3) is 0.259. The predicted octanol–water partition coefficient (Wildman–Crippen LogP) is 4.26. The number of hydrogen-bond donors (Lipinski definition) is 1. The van der Waals surface area contributed by atoms with Crippen LogP contribution >= 0.6 is 0 Å². The molecule has 3 aromatic rings. The van der Waals surface area contributed by atoms with Crippen molar-refractivity contribution in [1.29, 1.82) is 5.26 Å². The first kappa shape index (κ1) is 24.5. The second-order valence-electron chi connectivity index (χ2n) is 9.40. The van der Waals surface area contributed by atoms with Crippen LogP contribution in [0.2, 0.25) is 0 Å². The second-order valence-corrected chi connectivity index (χ2v) is 11.1. The van der Waals surface area contributed by atoms with Gasteiger partial charge >= 0.3 is 0 Å². The largest absolute Gasteiger partial charge is 0.492 e. The van der Waals surface area contributed by atoms with Crippen LogP contribution in [0.4, 0.5) is 0 Å². The molecule has 1 unspecified atom stereocenters. The van der Waals surface area contributed by atoms with Crippen LogP contribution < -0.4 is 9.46 Å². The molecular weight excluding hydrogens is 462 g/mol. The van der Waals surface area contributed by atoms with Gasteiger partial charge < -0.3 is 9.64 Å². The average Bonchev–Trinajstić information content (AvgIpc) is 3.09. The quantitative estimate of drug-likeness (QED) is 0.535. The molecule has 0 fully saturated rings. The van der Waals surface area contributed by atoms with Crippen LogP contribution in [-0.4, -0.2) is 37.9 Å². The molecule has 8 heteroatoms. The van der Waals surface area contributed by atoms with Gasteiger partial charge in [0.25, 0.3) is 5.91 Å². The first-order valence-corrected chi connectivity index (χ1v) is 12.7. The SMILES string of the molecule is CC(C)(C)NS(=O)(=O)c1cccc(C2c3ccccc3C(=O)N2CCOc2cccc(C#N)c2)c1. The second kappa shape index (κ2) is 9.53. The van der Waals surface area contributed by atoms with Crippen LogP contribution in [0.25, 0.3) is 0 Å². The number of sulfonamides is 1. The maximum absolute atomic E-state index is 13.3. The maximum Gasteiger partial charge on any atom is 0.255 e. The Morgan fingerprint density at radius 3 is 2.51 bits per heavy atom. The van der Waals surface area contributed by atoms with E-state index >= 15 is 0 Å². The zero-order valence-electron chi connectivity index (χ0n) is 19.9. The Morgan fingerprint density at radius 1 is 1.03 bits per heavy atom. The number of hydrogen-bond acceptors (Lipinski definition) is 5. The Labute approximate surface area is 206 Å². The van der Waals surface area contributed by atoms with E-state index in [-0.39, 0.29) is 24.0 Å². The summed E-state index contributed by atoms with van der Waals surface area (Å²) in [5.74, 6) is 0.409. The van der Waals surface area contributed by atoms with Crippen LogP contribution in [0, 0.1) is 11.3 Å². The number of benzene rings is 3. The lowest BCUT2D eigenvalue weighted by Gasteiger charge is -2.26. The molecule has 0 saturated heterocycles. The Kier molecular flexibility index (Phi) is 6.66. The van der Waals surface area contributed by atoms with Gasteiger partial charge in [0.15, 0.2) is 0 Å². The van der Waals surface area contributed by atoms with Gasteiger partial charge in [0.1, 0.15) is 12.4 Å². The molecular formula is C27H27N3O4S. The molecule has 180 valence electrons. The van der Waals surface area contributed by atoms with Crippen molar-refractivity contribution in [2.24, 2.45) is 0 Å². The number of ether oxygens (including phenoxy) is 1. The lowest BCUT2D eigenvalue weighted by Crippen LogP contribution is -2.40. The third-order valence-electron chi connectivity index (χ3n) is 5.55. The Bertz CT molecular complexity index is 1400. The smallest absolute Gasteiger partial charge is 0.255 e. The van der Waals surface area contributed by atoms with E-state index in [1.54, 1.807) is 74.2 Å². The van der Waals surface area contributed by atoms with E-state index in [1.807, 2.05) is 24.3 Å². The van der Waals surface area contributed by atoms with E-state index in [0.29, 0.717) is 22.4 Å². The van der Waals surface area contributed by atoms with Gasteiger partial charge in [-0.05, 0) is 68.3 Å². The summed E-state index contributed by atoms with van der Waals surface area (Å²) in [6.45, 7) is 5.86. The maximum atomic E-state index is 13.3. The van der Waals surface area contributed by atoms with Gasteiger partial charge in [-0.15, -0.1) is 0 Å². The average molecular weight is 490 g/mol. The van der Waals surface area contributed by atoms with Crippen molar-refractivity contribution in [3.63, 3.8) is 0 Å². The standard InChI is InChI=1S/C27H27N3O4S/c1-27(2,3)29-35(32,33)22-11-7-9-20(17-22)25-23-12-4-5-13-24(23)26(31)30(25)14-15-34-21-10-6-8-19(16-21)18-28/h4-13,16-17,25,29H,14-15H2,1-3H3. The van der Waals surface area contributed by atoms with Crippen molar-refractivity contribution in [2.75, 3.05) is 13.2 Å². The van der Waals surface area contributed by atoms with E-state index in [2.05, 4.69) is 10.8 Å². The first-order valence-electron chi connectivity index (χ1n) is 11.3. The topological polar surface area (TPSA) is 99.5 Å². The normalized spacial score (nSPS) is 15.5. The highest BCUT2D eigenvalue weighted by Crippen LogP contribution is 2.38. The number of carbonyl (C=O) groups is 1. The molecule has 7 nitrogen and oxygen atoms in total. The van der Waals surface area contributed by atoms with Crippen molar-refractivity contribution in [3.8, 4) is 11.8 Å². The molecule has 1 atom stereocenters. The monoisotopic (exact) mass is 489 g/mol. The highest BCUT2D eigenvalue weighted by atomic mass is 32.2. The van der Waals surface area contributed by atoms with Gasteiger partial charge in [0.05, 0.1) is 29.1 Å². The summed E-state index contributed by atoms with van der Waals surface area (Å²) in [6.07, 6.45) is 0. The van der Waals surface area contributed by atoms with Crippen molar-refractivity contribution < 1.29 is 17.9 Å². The number of amides is 1. The highest BCUT2D eigenvalue weighted by Gasteiger charge is 2.37. The molecule has 1 amide bonds. The summed E-state index contributed by atoms with van der Waals surface area (Å²) in [7, 11) is -3.74. The number of nitrogens with one attached hydrogen (secondary N) is 1. The van der Waals surface area contributed by atoms with Gasteiger partial charge in [-0.1, -0.05) is 36.4 Å². The van der Waals surface area contributed by atoms with E-state index in [1.165, 1.54) is 0 Å². The first-order chi connectivity index (χ1) is 16.6. The molecule has 1 heterocycles. The van der Waals surface area contributed by atoms with Gasteiger partial charge in [0.2, 0.25) is 10.0 Å². The number of carbonyl (C=O) groups excluding carboxylic acids is 1. The summed E-state index contributed by atoms with van der Waals surface area (Å²) in [5.41, 5.74) is 1.97. The van der Waals surface area contributed by atoms with Gasteiger partial charge in [-0.25, -0.2) is 13.1 Å². The molecule has 1 N–H and O–H groups in total. The summed E-state index contributed by atoms with van der Waals surface area (Å²) < 4.78 is 34.4. The van der Waals surface area contributed by atoms with Crippen LogP contribution in [0.1, 0.15) is 53.9 Å². The molecule has 0 bridgehead atoms. The minimum absolute atomic E-state index is 0.138. The summed E-state index contributed by atoms with van der Waals surface area (Å²) in [6, 6.07) is 22.5. The number of fused-ring (bicyclic) bond motifs is 1. The molecule has 0 aromatic heterocycles. The molecule has 0 radical (unpaired) electrons.